The summed E-state index contributed by atoms with van der Waals surface area (Å²) in [5.41, 5.74) is 1.39. The van der Waals surface area contributed by atoms with Crippen LogP contribution in [-0.2, 0) is 11.2 Å². The third kappa shape index (κ3) is 5.18. The van der Waals surface area contributed by atoms with Crippen LogP contribution in [0.1, 0.15) is 15.9 Å². The molecule has 1 N–H and O–H groups in total. The van der Waals surface area contributed by atoms with Gasteiger partial charge in [0.1, 0.15) is 0 Å². The maximum Gasteiger partial charge on any atom is 1.00 e. The van der Waals surface area contributed by atoms with Crippen LogP contribution >= 0.6 is 0 Å². The molecule has 0 bridgehead atoms. The van der Waals surface area contributed by atoms with E-state index in [0.717, 1.165) is 5.56 Å². The second kappa shape index (κ2) is 8.34. The molecule has 2 rings (SSSR count). The third-order valence-corrected chi connectivity index (χ3v) is 2.59. The first-order valence-corrected chi connectivity index (χ1v) is 5.80. The van der Waals surface area contributed by atoms with E-state index in [4.69, 9.17) is 0 Å². The van der Waals surface area contributed by atoms with Crippen LogP contribution < -0.4 is 61.8 Å². The van der Waals surface area contributed by atoms with E-state index in [1.54, 1.807) is 12.1 Å². The summed E-state index contributed by atoms with van der Waals surface area (Å²) < 4.78 is 0. The summed E-state index contributed by atoms with van der Waals surface area (Å²) in [6, 6.07) is 15.3. The van der Waals surface area contributed by atoms with Gasteiger partial charge in [-0.15, -0.1) is 0 Å². The van der Waals surface area contributed by atoms with Crippen LogP contribution in [-0.4, -0.2) is 11.9 Å². The maximum atomic E-state index is 11.8. The Morgan fingerprint density at radius 2 is 1.70 bits per heavy atom. The Morgan fingerprint density at radius 3 is 2.35 bits per heavy atom. The molecule has 4 nitrogen and oxygen atoms in total. The number of rotatable bonds is 4. The van der Waals surface area contributed by atoms with Gasteiger partial charge in [-0.2, -0.15) is 0 Å². The van der Waals surface area contributed by atoms with Crippen molar-refractivity contribution >= 4 is 17.6 Å². The van der Waals surface area contributed by atoms with E-state index in [0.29, 0.717) is 5.69 Å². The number of hydrogen-bond acceptors (Lipinski definition) is 3. The molecule has 0 atom stereocenters. The maximum absolute atomic E-state index is 11.8. The van der Waals surface area contributed by atoms with E-state index in [1.807, 2.05) is 30.3 Å². The molecule has 0 heterocycles. The Hall–Kier alpha value is -0.984. The van der Waals surface area contributed by atoms with Crippen molar-refractivity contribution in [1.29, 1.82) is 0 Å². The SMILES string of the molecule is O=C(Cc1ccccc1)Nc1cccc(C(=O)[O-])c1.[K+]. The summed E-state index contributed by atoms with van der Waals surface area (Å²) in [4.78, 5) is 22.5. The van der Waals surface area contributed by atoms with Gasteiger partial charge in [-0.1, -0.05) is 42.5 Å². The number of carbonyl (C=O) groups excluding carboxylic acids is 2. The fraction of sp³-hybridized carbons (Fsp3) is 0.0667. The second-order valence-corrected chi connectivity index (χ2v) is 4.08. The van der Waals surface area contributed by atoms with Crippen LogP contribution in [0.25, 0.3) is 0 Å². The van der Waals surface area contributed by atoms with Gasteiger partial charge in [0.25, 0.3) is 0 Å². The summed E-state index contributed by atoms with van der Waals surface area (Å²) >= 11 is 0. The molecule has 0 unspecified atom stereocenters. The van der Waals surface area contributed by atoms with E-state index in [9.17, 15) is 14.7 Å². The zero-order chi connectivity index (χ0) is 13.7. The van der Waals surface area contributed by atoms with Crippen molar-refractivity contribution in [2.75, 3.05) is 5.32 Å². The summed E-state index contributed by atoms with van der Waals surface area (Å²) in [7, 11) is 0. The normalized spacial score (nSPS) is 9.40. The molecule has 0 saturated heterocycles. The first kappa shape index (κ1) is 17.1. The average molecular weight is 293 g/mol. The molecule has 96 valence electrons. The standard InChI is InChI=1S/C15H13NO3.K/c17-14(9-11-5-2-1-3-6-11)16-13-8-4-7-12(10-13)15(18)19;/h1-8,10H,9H2,(H,16,17)(H,18,19);/q;+1/p-1. The van der Waals surface area contributed by atoms with Crippen molar-refractivity contribution < 1.29 is 66.1 Å². The molecule has 0 aliphatic heterocycles. The molecule has 20 heavy (non-hydrogen) atoms. The minimum Gasteiger partial charge on any atom is -0.545 e. The monoisotopic (exact) mass is 293 g/mol. The molecule has 0 aliphatic rings. The van der Waals surface area contributed by atoms with Gasteiger partial charge >= 0.3 is 51.4 Å². The predicted molar refractivity (Wildman–Crippen MR) is 69.5 cm³/mol. The fourth-order valence-corrected chi connectivity index (χ4v) is 1.71. The molecular weight excluding hydrogens is 281 g/mol. The first-order chi connectivity index (χ1) is 9.15. The number of anilines is 1. The molecule has 1 amide bonds. The molecule has 0 aliphatic carbocycles. The Kier molecular flexibility index (Phi) is 7.11. The predicted octanol–water partition coefficient (Wildman–Crippen LogP) is -1.76. The molecule has 0 aromatic heterocycles. The van der Waals surface area contributed by atoms with Crippen molar-refractivity contribution in [3.05, 3.63) is 65.7 Å². The molecule has 0 radical (unpaired) electrons. The number of carboxylic acid groups (broad SMARTS) is 1. The summed E-state index contributed by atoms with van der Waals surface area (Å²) in [6.45, 7) is 0. The Labute approximate surface area is 159 Å². The van der Waals surface area contributed by atoms with Crippen molar-refractivity contribution in [3.63, 3.8) is 0 Å². The van der Waals surface area contributed by atoms with Crippen molar-refractivity contribution in [2.24, 2.45) is 0 Å². The zero-order valence-electron chi connectivity index (χ0n) is 11.1. The largest absolute Gasteiger partial charge is 1.00 e. The van der Waals surface area contributed by atoms with Gasteiger partial charge in [0.05, 0.1) is 12.4 Å². The Bertz CT molecular complexity index is 599. The second-order valence-electron chi connectivity index (χ2n) is 4.08. The summed E-state index contributed by atoms with van der Waals surface area (Å²) in [6.07, 6.45) is 0.246. The minimum absolute atomic E-state index is 0. The number of carbonyl (C=O) groups is 2. The smallest absolute Gasteiger partial charge is 0.545 e. The van der Waals surface area contributed by atoms with E-state index in [1.165, 1.54) is 12.1 Å². The topological polar surface area (TPSA) is 69.2 Å². The van der Waals surface area contributed by atoms with Gasteiger partial charge in [-0.25, -0.2) is 0 Å². The zero-order valence-corrected chi connectivity index (χ0v) is 14.3. The van der Waals surface area contributed by atoms with E-state index >= 15 is 0 Å². The van der Waals surface area contributed by atoms with Crippen LogP contribution in [0, 0.1) is 0 Å². The number of amides is 1. The molecule has 2 aromatic carbocycles. The van der Waals surface area contributed by atoms with Crippen molar-refractivity contribution in [1.82, 2.24) is 0 Å². The van der Waals surface area contributed by atoms with Gasteiger partial charge in [-0.05, 0) is 23.3 Å². The number of nitrogens with one attached hydrogen (secondary N) is 1. The summed E-state index contributed by atoms with van der Waals surface area (Å²) in [5.74, 6) is -1.46. The van der Waals surface area contributed by atoms with Gasteiger partial charge in [0.2, 0.25) is 5.91 Å². The number of hydrogen-bond donors (Lipinski definition) is 1. The van der Waals surface area contributed by atoms with E-state index in [2.05, 4.69) is 5.32 Å². The third-order valence-electron chi connectivity index (χ3n) is 2.59. The molecular formula is C15H12KNO3. The van der Waals surface area contributed by atoms with E-state index in [-0.39, 0.29) is 69.3 Å². The van der Waals surface area contributed by atoms with Crippen molar-refractivity contribution in [2.45, 2.75) is 6.42 Å². The van der Waals surface area contributed by atoms with Crippen LogP contribution in [0.5, 0.6) is 0 Å². The molecule has 0 fully saturated rings. The molecule has 5 heteroatoms. The molecule has 2 aromatic rings. The van der Waals surface area contributed by atoms with Gasteiger partial charge in [0.15, 0.2) is 0 Å². The molecule has 0 saturated carbocycles. The van der Waals surface area contributed by atoms with E-state index < -0.39 is 5.97 Å². The first-order valence-electron chi connectivity index (χ1n) is 5.80. The minimum atomic E-state index is -1.26. The van der Waals surface area contributed by atoms with Crippen LogP contribution in [0.4, 0.5) is 5.69 Å². The Morgan fingerprint density at radius 1 is 1.00 bits per heavy atom. The quantitative estimate of drug-likeness (QED) is 0.679. The molecule has 0 spiro atoms. The van der Waals surface area contributed by atoms with Crippen molar-refractivity contribution in [3.8, 4) is 0 Å². The Balaban J connectivity index is 0.00000200. The van der Waals surface area contributed by atoms with Gasteiger partial charge in [0, 0.05) is 5.69 Å². The summed E-state index contributed by atoms with van der Waals surface area (Å²) in [5, 5.41) is 13.4. The van der Waals surface area contributed by atoms with Crippen LogP contribution in [0.3, 0.4) is 0 Å². The van der Waals surface area contributed by atoms with Gasteiger partial charge in [-0.3, -0.25) is 4.79 Å². The number of aromatic carboxylic acids is 1. The van der Waals surface area contributed by atoms with Crippen LogP contribution in [0.15, 0.2) is 54.6 Å². The fourth-order valence-electron chi connectivity index (χ4n) is 1.71. The number of benzene rings is 2. The van der Waals surface area contributed by atoms with Crippen LogP contribution in [0.2, 0.25) is 0 Å². The average Bonchev–Trinajstić information content (AvgIpc) is 2.40. The number of carboxylic acids is 1. The van der Waals surface area contributed by atoms with Gasteiger partial charge < -0.3 is 15.2 Å².